The number of aliphatic imine (C=N–C) groups is 1. The average molecular weight is 510 g/mol. The Morgan fingerprint density at radius 2 is 1.92 bits per heavy atom. The molecule has 7 nitrogen and oxygen atoms in total. The molecule has 1 heterocycles. The van der Waals surface area contributed by atoms with Gasteiger partial charge in [-0.15, -0.1) is 24.0 Å². The van der Waals surface area contributed by atoms with Crippen LogP contribution >= 0.6 is 35.6 Å². The molecule has 0 saturated carbocycles. The maximum Gasteiger partial charge on any atom is 0.242 e. The first-order valence-electron chi connectivity index (χ1n) is 7.60. The molecule has 0 bridgehead atoms. The lowest BCUT2D eigenvalue weighted by molar-refractivity contribution is 0.580. The van der Waals surface area contributed by atoms with Crippen LogP contribution in [0.3, 0.4) is 0 Å². The second-order valence-electron chi connectivity index (χ2n) is 5.03. The molecule has 10 heteroatoms. The van der Waals surface area contributed by atoms with Crippen molar-refractivity contribution in [1.29, 1.82) is 0 Å². The van der Waals surface area contributed by atoms with Crippen LogP contribution in [0.5, 0.6) is 0 Å². The minimum atomic E-state index is -3.56. The SMILES string of the molecule is CN=C(NCCNS(=O)(=O)c1cccnc1)NCc1ccccc1Cl.I. The van der Waals surface area contributed by atoms with Crippen molar-refractivity contribution >= 4 is 51.6 Å². The lowest BCUT2D eigenvalue weighted by atomic mass is 10.2. The van der Waals surface area contributed by atoms with Crippen LogP contribution in [0.15, 0.2) is 58.7 Å². The number of hydrogen-bond donors (Lipinski definition) is 3. The van der Waals surface area contributed by atoms with E-state index in [1.165, 1.54) is 18.5 Å². The minimum Gasteiger partial charge on any atom is -0.355 e. The summed E-state index contributed by atoms with van der Waals surface area (Å²) in [4.78, 5) is 8.03. The first-order valence-corrected chi connectivity index (χ1v) is 9.46. The molecule has 0 fully saturated rings. The number of guanidine groups is 1. The summed E-state index contributed by atoms with van der Waals surface area (Å²) < 4.78 is 26.6. The van der Waals surface area contributed by atoms with Crippen molar-refractivity contribution in [2.24, 2.45) is 4.99 Å². The fraction of sp³-hybridized carbons (Fsp3) is 0.250. The first kappa shape index (κ1) is 22.6. The molecule has 0 saturated heterocycles. The fourth-order valence-electron chi connectivity index (χ4n) is 2.00. The van der Waals surface area contributed by atoms with E-state index in [1.54, 1.807) is 13.1 Å². The van der Waals surface area contributed by atoms with Gasteiger partial charge in [0.2, 0.25) is 10.0 Å². The highest BCUT2D eigenvalue weighted by Gasteiger charge is 2.12. The molecule has 1 aromatic heterocycles. The topological polar surface area (TPSA) is 95.5 Å². The lowest BCUT2D eigenvalue weighted by Gasteiger charge is -2.13. The Hall–Kier alpha value is -1.43. The summed E-state index contributed by atoms with van der Waals surface area (Å²) in [5.74, 6) is 0.556. The summed E-state index contributed by atoms with van der Waals surface area (Å²) >= 11 is 6.10. The third-order valence-electron chi connectivity index (χ3n) is 3.28. The van der Waals surface area contributed by atoms with E-state index in [-0.39, 0.29) is 35.4 Å². The quantitative estimate of drug-likeness (QED) is 0.230. The van der Waals surface area contributed by atoms with Crippen molar-refractivity contribution in [1.82, 2.24) is 20.3 Å². The molecule has 0 spiro atoms. The van der Waals surface area contributed by atoms with Gasteiger partial charge >= 0.3 is 0 Å². The van der Waals surface area contributed by atoms with Crippen LogP contribution in [-0.2, 0) is 16.6 Å². The molecule has 142 valence electrons. The van der Waals surface area contributed by atoms with Gasteiger partial charge in [-0.3, -0.25) is 9.98 Å². The highest BCUT2D eigenvalue weighted by atomic mass is 127. The Morgan fingerprint density at radius 1 is 1.15 bits per heavy atom. The van der Waals surface area contributed by atoms with E-state index < -0.39 is 10.0 Å². The normalized spacial score (nSPS) is 11.5. The largest absolute Gasteiger partial charge is 0.355 e. The zero-order valence-corrected chi connectivity index (χ0v) is 18.0. The molecule has 0 unspecified atom stereocenters. The maximum atomic E-state index is 12.1. The van der Waals surface area contributed by atoms with Crippen molar-refractivity contribution in [3.05, 3.63) is 59.4 Å². The van der Waals surface area contributed by atoms with Gasteiger partial charge in [-0.05, 0) is 23.8 Å². The molecule has 0 radical (unpaired) electrons. The Labute approximate surface area is 175 Å². The molecule has 26 heavy (non-hydrogen) atoms. The van der Waals surface area contributed by atoms with Crippen molar-refractivity contribution in [3.63, 3.8) is 0 Å². The van der Waals surface area contributed by atoms with Crippen LogP contribution in [-0.4, -0.2) is 39.5 Å². The monoisotopic (exact) mass is 509 g/mol. The molecule has 2 aromatic rings. The summed E-state index contributed by atoms with van der Waals surface area (Å²) in [7, 11) is -1.92. The van der Waals surface area contributed by atoms with Crippen LogP contribution in [0.1, 0.15) is 5.56 Å². The molecule has 0 amide bonds. The van der Waals surface area contributed by atoms with E-state index in [0.717, 1.165) is 5.56 Å². The molecular weight excluding hydrogens is 489 g/mol. The Bertz CT molecular complexity index is 818. The molecule has 3 N–H and O–H groups in total. The highest BCUT2D eigenvalue weighted by molar-refractivity contribution is 14.0. The fourth-order valence-corrected chi connectivity index (χ4v) is 3.19. The van der Waals surface area contributed by atoms with E-state index >= 15 is 0 Å². The number of pyridine rings is 1. The molecule has 0 atom stereocenters. The summed E-state index contributed by atoms with van der Waals surface area (Å²) in [6.07, 6.45) is 2.83. The number of nitrogens with zero attached hydrogens (tertiary/aromatic N) is 2. The smallest absolute Gasteiger partial charge is 0.242 e. The molecule has 1 aromatic carbocycles. The van der Waals surface area contributed by atoms with Crippen molar-refractivity contribution < 1.29 is 8.42 Å². The second kappa shape index (κ2) is 11.3. The van der Waals surface area contributed by atoms with Crippen LogP contribution in [0, 0.1) is 0 Å². The van der Waals surface area contributed by atoms with Gasteiger partial charge in [-0.25, -0.2) is 13.1 Å². The van der Waals surface area contributed by atoms with Crippen LogP contribution in [0.25, 0.3) is 0 Å². The Balaban J connectivity index is 0.00000338. The predicted octanol–water partition coefficient (Wildman–Crippen LogP) is 2.00. The summed E-state index contributed by atoms with van der Waals surface area (Å²) in [6.45, 7) is 1.10. The van der Waals surface area contributed by atoms with E-state index in [0.29, 0.717) is 24.1 Å². The number of rotatable bonds is 7. The van der Waals surface area contributed by atoms with E-state index in [4.69, 9.17) is 11.6 Å². The lowest BCUT2D eigenvalue weighted by Crippen LogP contribution is -2.41. The van der Waals surface area contributed by atoms with Crippen molar-refractivity contribution in [3.8, 4) is 0 Å². The van der Waals surface area contributed by atoms with Gasteiger partial charge in [-0.1, -0.05) is 29.8 Å². The second-order valence-corrected chi connectivity index (χ2v) is 7.20. The molecule has 0 aliphatic heterocycles. The number of nitrogens with one attached hydrogen (secondary N) is 3. The standard InChI is InChI=1S/C16H20ClN5O2S.HI/c1-18-16(21-11-13-5-2-3-7-15(13)17)20-9-10-22-25(23,24)14-6-4-8-19-12-14;/h2-8,12,22H,9-11H2,1H3,(H2,18,20,21);1H. The number of benzene rings is 1. The van der Waals surface area contributed by atoms with Crippen LogP contribution in [0.4, 0.5) is 0 Å². The van der Waals surface area contributed by atoms with Gasteiger partial charge in [0.05, 0.1) is 0 Å². The van der Waals surface area contributed by atoms with Crippen molar-refractivity contribution in [2.45, 2.75) is 11.4 Å². The van der Waals surface area contributed by atoms with Gasteiger partial charge < -0.3 is 10.6 Å². The maximum absolute atomic E-state index is 12.1. The number of hydrogen-bond acceptors (Lipinski definition) is 4. The summed E-state index contributed by atoms with van der Waals surface area (Å²) in [6, 6.07) is 10.6. The van der Waals surface area contributed by atoms with Gasteiger partial charge in [-0.2, -0.15) is 0 Å². The Kier molecular flexibility index (Phi) is 9.84. The molecule has 0 aliphatic rings. The first-order chi connectivity index (χ1) is 12.0. The zero-order chi connectivity index (χ0) is 18.1. The van der Waals surface area contributed by atoms with Crippen molar-refractivity contribution in [2.75, 3.05) is 20.1 Å². The third kappa shape index (κ3) is 7.06. The minimum absolute atomic E-state index is 0. The summed E-state index contributed by atoms with van der Waals surface area (Å²) in [5, 5.41) is 6.84. The van der Waals surface area contributed by atoms with Gasteiger partial charge in [0, 0.05) is 44.1 Å². The van der Waals surface area contributed by atoms with Crippen LogP contribution < -0.4 is 15.4 Å². The van der Waals surface area contributed by atoms with Gasteiger partial charge in [0.25, 0.3) is 0 Å². The van der Waals surface area contributed by atoms with E-state index in [2.05, 4.69) is 25.3 Å². The Morgan fingerprint density at radius 3 is 2.58 bits per heavy atom. The zero-order valence-electron chi connectivity index (χ0n) is 14.1. The summed E-state index contributed by atoms with van der Waals surface area (Å²) in [5.41, 5.74) is 0.949. The van der Waals surface area contributed by atoms with E-state index in [9.17, 15) is 8.42 Å². The average Bonchev–Trinajstić information content (AvgIpc) is 2.63. The van der Waals surface area contributed by atoms with E-state index in [1.807, 2.05) is 24.3 Å². The van der Waals surface area contributed by atoms with Gasteiger partial charge in [0.1, 0.15) is 4.90 Å². The molecular formula is C16H21ClIN5O2S. The van der Waals surface area contributed by atoms with Gasteiger partial charge in [0.15, 0.2) is 5.96 Å². The number of halogens is 2. The third-order valence-corrected chi connectivity index (χ3v) is 5.10. The van der Waals surface area contributed by atoms with Crippen LogP contribution in [0.2, 0.25) is 5.02 Å². The number of aromatic nitrogens is 1. The molecule has 0 aliphatic carbocycles. The predicted molar refractivity (Wildman–Crippen MR) is 114 cm³/mol. The molecule has 2 rings (SSSR count). The highest BCUT2D eigenvalue weighted by Crippen LogP contribution is 2.14. The number of sulfonamides is 1.